The van der Waals surface area contributed by atoms with Gasteiger partial charge in [0.15, 0.2) is 0 Å². The van der Waals surface area contributed by atoms with E-state index < -0.39 is 17.7 Å². The SMILES string of the molecule is CC1(C)Oc2cc3nonc3cc2C(n2cc(Cl)ccc2=O)C1O. The van der Waals surface area contributed by atoms with Crippen molar-refractivity contribution in [3.8, 4) is 5.75 Å². The van der Waals surface area contributed by atoms with Gasteiger partial charge in [0.25, 0.3) is 5.56 Å². The molecule has 0 saturated carbocycles. The first-order valence-corrected chi connectivity index (χ1v) is 7.75. The molecule has 1 aliphatic heterocycles. The van der Waals surface area contributed by atoms with Gasteiger partial charge in [0.05, 0.1) is 11.1 Å². The number of aromatic nitrogens is 3. The zero-order valence-electron chi connectivity index (χ0n) is 12.9. The quantitative estimate of drug-likeness (QED) is 0.725. The highest BCUT2D eigenvalue weighted by molar-refractivity contribution is 6.30. The van der Waals surface area contributed by atoms with Crippen LogP contribution in [0.4, 0.5) is 0 Å². The smallest absolute Gasteiger partial charge is 0.251 e. The number of nitrogens with zero attached hydrogens (tertiary/aromatic N) is 3. The molecule has 1 aliphatic rings. The fourth-order valence-electron chi connectivity index (χ4n) is 3.04. The van der Waals surface area contributed by atoms with Crippen molar-refractivity contribution in [2.24, 2.45) is 0 Å². The summed E-state index contributed by atoms with van der Waals surface area (Å²) in [5, 5.41) is 18.9. The summed E-state index contributed by atoms with van der Waals surface area (Å²) >= 11 is 6.05. The van der Waals surface area contributed by atoms with Crippen LogP contribution in [-0.4, -0.2) is 31.7 Å². The van der Waals surface area contributed by atoms with E-state index in [1.54, 1.807) is 26.0 Å². The molecule has 2 aromatic heterocycles. The molecule has 0 fully saturated rings. The molecule has 2 atom stereocenters. The zero-order valence-corrected chi connectivity index (χ0v) is 13.7. The van der Waals surface area contributed by atoms with Crippen molar-refractivity contribution in [2.45, 2.75) is 31.6 Å². The molecule has 7 nitrogen and oxygen atoms in total. The second kappa shape index (κ2) is 5.06. The maximum absolute atomic E-state index is 12.4. The van der Waals surface area contributed by atoms with Gasteiger partial charge in [0, 0.05) is 23.9 Å². The highest BCUT2D eigenvalue weighted by atomic mass is 35.5. The Kier molecular flexibility index (Phi) is 3.20. The van der Waals surface area contributed by atoms with Gasteiger partial charge in [-0.3, -0.25) is 4.79 Å². The second-order valence-corrected chi connectivity index (χ2v) is 6.77. The molecule has 3 heterocycles. The summed E-state index contributed by atoms with van der Waals surface area (Å²) in [5.41, 5.74) is 0.493. The van der Waals surface area contributed by atoms with E-state index in [0.29, 0.717) is 27.4 Å². The molecule has 124 valence electrons. The molecule has 4 rings (SSSR count). The van der Waals surface area contributed by atoms with Crippen molar-refractivity contribution in [3.05, 3.63) is 51.4 Å². The van der Waals surface area contributed by atoms with E-state index in [4.69, 9.17) is 21.0 Å². The van der Waals surface area contributed by atoms with E-state index in [9.17, 15) is 9.90 Å². The summed E-state index contributed by atoms with van der Waals surface area (Å²) in [5.74, 6) is 0.519. The minimum Gasteiger partial charge on any atom is -0.485 e. The van der Waals surface area contributed by atoms with Gasteiger partial charge in [0.1, 0.15) is 28.5 Å². The lowest BCUT2D eigenvalue weighted by atomic mass is 9.86. The van der Waals surface area contributed by atoms with E-state index in [1.165, 1.54) is 22.9 Å². The molecule has 3 aromatic rings. The van der Waals surface area contributed by atoms with Crippen LogP contribution in [-0.2, 0) is 0 Å². The molecule has 1 N–H and O–H groups in total. The first kappa shape index (κ1) is 15.2. The third kappa shape index (κ3) is 2.20. The van der Waals surface area contributed by atoms with Gasteiger partial charge in [-0.05, 0) is 36.3 Å². The summed E-state index contributed by atoms with van der Waals surface area (Å²) in [7, 11) is 0. The van der Waals surface area contributed by atoms with Crippen molar-refractivity contribution in [1.29, 1.82) is 0 Å². The third-order valence-corrected chi connectivity index (χ3v) is 4.51. The van der Waals surface area contributed by atoms with Crippen LogP contribution in [0.1, 0.15) is 25.5 Å². The van der Waals surface area contributed by atoms with Crippen molar-refractivity contribution in [2.75, 3.05) is 0 Å². The number of benzene rings is 1. The summed E-state index contributed by atoms with van der Waals surface area (Å²) in [6.07, 6.45) is 0.535. The number of pyridine rings is 1. The van der Waals surface area contributed by atoms with Crippen molar-refractivity contribution in [1.82, 2.24) is 14.9 Å². The molecule has 1 aromatic carbocycles. The Labute approximate surface area is 141 Å². The number of hydrogen-bond donors (Lipinski definition) is 1. The Balaban J connectivity index is 2.01. The normalized spacial score (nSPS) is 22.2. The number of aliphatic hydroxyl groups excluding tert-OH is 1. The molecule has 2 unspecified atom stereocenters. The number of halogens is 1. The molecule has 0 radical (unpaired) electrons. The van der Waals surface area contributed by atoms with E-state index >= 15 is 0 Å². The largest absolute Gasteiger partial charge is 0.485 e. The molecule has 24 heavy (non-hydrogen) atoms. The van der Waals surface area contributed by atoms with E-state index in [2.05, 4.69) is 10.3 Å². The fourth-order valence-corrected chi connectivity index (χ4v) is 3.21. The standard InChI is InChI=1S/C16H14ClN3O4/c1-16(2)15(22)14(20-7-8(17)3-4-13(20)21)9-5-10-11(19-24-18-10)6-12(9)23-16/h3-7,14-15,22H,1-2H3. The number of aliphatic hydroxyl groups is 1. The number of fused-ring (bicyclic) bond motifs is 2. The predicted molar refractivity (Wildman–Crippen MR) is 86.4 cm³/mol. The maximum Gasteiger partial charge on any atom is 0.251 e. The Morgan fingerprint density at radius 1 is 1.25 bits per heavy atom. The molecule has 0 spiro atoms. The minimum absolute atomic E-state index is 0.273. The number of hydrogen-bond acceptors (Lipinski definition) is 6. The zero-order chi connectivity index (χ0) is 17.1. The van der Waals surface area contributed by atoms with Crippen molar-refractivity contribution < 1.29 is 14.5 Å². The first-order chi connectivity index (χ1) is 11.4. The van der Waals surface area contributed by atoms with Crippen LogP contribution >= 0.6 is 11.6 Å². The summed E-state index contributed by atoms with van der Waals surface area (Å²) in [6.45, 7) is 3.52. The molecule has 0 amide bonds. The average molecular weight is 348 g/mol. The lowest BCUT2D eigenvalue weighted by Gasteiger charge is -2.42. The van der Waals surface area contributed by atoms with E-state index in [1.807, 2.05) is 0 Å². The van der Waals surface area contributed by atoms with Gasteiger partial charge in [-0.15, -0.1) is 0 Å². The van der Waals surface area contributed by atoms with Gasteiger partial charge < -0.3 is 14.4 Å². The van der Waals surface area contributed by atoms with Crippen LogP contribution in [0.25, 0.3) is 11.0 Å². The predicted octanol–water partition coefficient (Wildman–Crippen LogP) is 2.16. The second-order valence-electron chi connectivity index (χ2n) is 6.33. The van der Waals surface area contributed by atoms with Crippen LogP contribution in [0.3, 0.4) is 0 Å². The van der Waals surface area contributed by atoms with Gasteiger partial charge in [-0.2, -0.15) is 0 Å². The highest BCUT2D eigenvalue weighted by Gasteiger charge is 2.44. The van der Waals surface area contributed by atoms with E-state index in [0.717, 1.165) is 0 Å². The van der Waals surface area contributed by atoms with Crippen LogP contribution in [0.5, 0.6) is 5.75 Å². The van der Waals surface area contributed by atoms with Gasteiger partial charge in [0.2, 0.25) is 0 Å². The Morgan fingerprint density at radius 2 is 1.96 bits per heavy atom. The Bertz CT molecular complexity index is 994. The average Bonchev–Trinajstić information content (AvgIpc) is 2.96. The Hall–Kier alpha value is -2.38. The molecular weight excluding hydrogens is 334 g/mol. The fraction of sp³-hybridized carbons (Fsp3) is 0.312. The maximum atomic E-state index is 12.4. The monoisotopic (exact) mass is 347 g/mol. The van der Waals surface area contributed by atoms with Crippen molar-refractivity contribution in [3.63, 3.8) is 0 Å². The summed E-state index contributed by atoms with van der Waals surface area (Å²) in [4.78, 5) is 12.4. The first-order valence-electron chi connectivity index (χ1n) is 7.38. The van der Waals surface area contributed by atoms with Gasteiger partial charge >= 0.3 is 0 Å². The number of ether oxygens (including phenoxy) is 1. The van der Waals surface area contributed by atoms with Crippen LogP contribution in [0.2, 0.25) is 5.02 Å². The van der Waals surface area contributed by atoms with Gasteiger partial charge in [-0.25, -0.2) is 4.63 Å². The number of rotatable bonds is 1. The van der Waals surface area contributed by atoms with Crippen LogP contribution < -0.4 is 10.3 Å². The Morgan fingerprint density at radius 3 is 2.71 bits per heavy atom. The molecular formula is C16H14ClN3O4. The summed E-state index contributed by atoms with van der Waals surface area (Å²) < 4.78 is 12.1. The topological polar surface area (TPSA) is 90.4 Å². The lowest BCUT2D eigenvalue weighted by Crippen LogP contribution is -2.52. The van der Waals surface area contributed by atoms with Crippen molar-refractivity contribution >= 4 is 22.6 Å². The molecule has 0 aliphatic carbocycles. The van der Waals surface area contributed by atoms with Crippen LogP contribution in [0, 0.1) is 0 Å². The summed E-state index contributed by atoms with van der Waals surface area (Å²) in [6, 6.07) is 5.61. The third-order valence-electron chi connectivity index (χ3n) is 4.29. The molecule has 0 bridgehead atoms. The van der Waals surface area contributed by atoms with Crippen LogP contribution in [0.15, 0.2) is 39.9 Å². The minimum atomic E-state index is -0.974. The molecule has 0 saturated heterocycles. The lowest BCUT2D eigenvalue weighted by molar-refractivity contribution is -0.0641. The van der Waals surface area contributed by atoms with Gasteiger partial charge in [-0.1, -0.05) is 11.6 Å². The highest BCUT2D eigenvalue weighted by Crippen LogP contribution is 2.42. The molecule has 8 heteroatoms. The van der Waals surface area contributed by atoms with E-state index in [-0.39, 0.29) is 5.56 Å².